The smallest absolute Gasteiger partial charge is 0.435 e. The van der Waals surface area contributed by atoms with Crippen LogP contribution in [0.25, 0.3) is 0 Å². The van der Waals surface area contributed by atoms with Gasteiger partial charge in [-0.05, 0) is 13.8 Å². The summed E-state index contributed by atoms with van der Waals surface area (Å²) in [7, 11) is -7.89. The summed E-state index contributed by atoms with van der Waals surface area (Å²) < 4.78 is 72.5. The number of carbonyl (C=O) groups excluding carboxylic acids is 2. The molecule has 0 aromatic heterocycles. The monoisotopic (exact) mass is 422 g/mol. The second-order valence-corrected chi connectivity index (χ2v) is 7.94. The van der Waals surface area contributed by atoms with E-state index in [1.54, 1.807) is 0 Å². The Labute approximate surface area is 151 Å². The molecule has 0 aliphatic carbocycles. The Bertz CT molecular complexity index is 596. The zero-order chi connectivity index (χ0) is 20.4. The van der Waals surface area contributed by atoms with Crippen molar-refractivity contribution in [3.05, 3.63) is 0 Å². The summed E-state index contributed by atoms with van der Waals surface area (Å²) in [4.78, 5) is 23.0. The third-order valence-electron chi connectivity index (χ3n) is 2.33. The first-order valence-electron chi connectivity index (χ1n) is 7.23. The van der Waals surface area contributed by atoms with Crippen LogP contribution in [0.4, 0.5) is 9.59 Å². The van der Waals surface area contributed by atoms with Gasteiger partial charge < -0.3 is 18.9 Å². The maximum absolute atomic E-state index is 11.5. The SMILES string of the molecule is CCOC(=O)OC(COS(C)(=O)=O)C(COS(C)(=O)=O)OC(=O)OCC. The summed E-state index contributed by atoms with van der Waals surface area (Å²) in [6.45, 7) is 1.30. The molecule has 12 nitrogen and oxygen atoms in total. The van der Waals surface area contributed by atoms with Crippen molar-refractivity contribution in [2.75, 3.05) is 38.9 Å². The molecule has 154 valence electrons. The van der Waals surface area contributed by atoms with Gasteiger partial charge in [0.1, 0.15) is 13.2 Å². The van der Waals surface area contributed by atoms with Crippen LogP contribution in [0.1, 0.15) is 13.8 Å². The summed E-state index contributed by atoms with van der Waals surface area (Å²) in [5.74, 6) is 0. The lowest BCUT2D eigenvalue weighted by molar-refractivity contribution is -0.0779. The van der Waals surface area contributed by atoms with E-state index in [0.717, 1.165) is 12.5 Å². The van der Waals surface area contributed by atoms with E-state index in [4.69, 9.17) is 9.47 Å². The second-order valence-electron chi connectivity index (χ2n) is 4.66. The molecule has 0 saturated carbocycles. The van der Waals surface area contributed by atoms with Crippen LogP contribution in [0, 0.1) is 0 Å². The van der Waals surface area contributed by atoms with Crippen LogP contribution in [0.15, 0.2) is 0 Å². The summed E-state index contributed by atoms with van der Waals surface area (Å²) in [5, 5.41) is 0. The number of rotatable bonds is 11. The first kappa shape index (κ1) is 24.4. The highest BCUT2D eigenvalue weighted by atomic mass is 32.2. The Balaban J connectivity index is 5.39. The van der Waals surface area contributed by atoms with Crippen molar-refractivity contribution >= 4 is 32.5 Å². The van der Waals surface area contributed by atoms with Crippen LogP contribution in [0.5, 0.6) is 0 Å². The summed E-state index contributed by atoms with van der Waals surface area (Å²) in [6, 6.07) is 0. The zero-order valence-electron chi connectivity index (χ0n) is 14.7. The van der Waals surface area contributed by atoms with Gasteiger partial charge in [0.25, 0.3) is 20.2 Å². The average molecular weight is 422 g/mol. The molecular formula is C12H22O12S2. The van der Waals surface area contributed by atoms with Gasteiger partial charge >= 0.3 is 12.3 Å². The summed E-state index contributed by atoms with van der Waals surface area (Å²) in [5.41, 5.74) is 0. The van der Waals surface area contributed by atoms with E-state index in [2.05, 4.69) is 17.8 Å². The lowest BCUT2D eigenvalue weighted by atomic mass is 10.2. The van der Waals surface area contributed by atoms with Gasteiger partial charge in [-0.15, -0.1) is 0 Å². The van der Waals surface area contributed by atoms with Crippen LogP contribution in [-0.4, -0.2) is 80.3 Å². The molecule has 0 aliphatic heterocycles. The summed E-state index contributed by atoms with van der Waals surface area (Å²) >= 11 is 0. The van der Waals surface area contributed by atoms with Gasteiger partial charge in [-0.2, -0.15) is 16.8 Å². The second kappa shape index (κ2) is 11.2. The van der Waals surface area contributed by atoms with Gasteiger partial charge in [-0.3, -0.25) is 8.37 Å². The van der Waals surface area contributed by atoms with E-state index >= 15 is 0 Å². The maximum Gasteiger partial charge on any atom is 0.508 e. The molecule has 0 N–H and O–H groups in total. The van der Waals surface area contributed by atoms with E-state index in [-0.39, 0.29) is 13.2 Å². The van der Waals surface area contributed by atoms with E-state index < -0.39 is 58.0 Å². The third-order valence-corrected chi connectivity index (χ3v) is 3.46. The molecule has 0 bridgehead atoms. The van der Waals surface area contributed by atoms with Crippen LogP contribution < -0.4 is 0 Å². The molecule has 0 aliphatic rings. The van der Waals surface area contributed by atoms with Crippen molar-refractivity contribution in [1.29, 1.82) is 0 Å². The molecule has 0 heterocycles. The number of hydrogen-bond acceptors (Lipinski definition) is 12. The molecule has 2 unspecified atom stereocenters. The molecule has 26 heavy (non-hydrogen) atoms. The average Bonchev–Trinajstić information content (AvgIpc) is 2.46. The highest BCUT2D eigenvalue weighted by Crippen LogP contribution is 2.12. The van der Waals surface area contributed by atoms with Gasteiger partial charge in [0, 0.05) is 0 Å². The standard InChI is InChI=1S/C12H22O12S2/c1-5-19-11(13)23-9(7-21-25(3,15)16)10(8-22-26(4,17)18)24-12(14)20-6-2/h9-10H,5-8H2,1-4H3. The third kappa shape index (κ3) is 12.7. The van der Waals surface area contributed by atoms with E-state index in [9.17, 15) is 26.4 Å². The highest BCUT2D eigenvalue weighted by Gasteiger charge is 2.33. The largest absolute Gasteiger partial charge is 0.508 e. The lowest BCUT2D eigenvalue weighted by Crippen LogP contribution is -2.42. The minimum absolute atomic E-state index is 0.0538. The van der Waals surface area contributed by atoms with Gasteiger partial charge in [0.2, 0.25) is 0 Å². The number of ether oxygens (including phenoxy) is 4. The van der Waals surface area contributed by atoms with Gasteiger partial charge in [-0.1, -0.05) is 0 Å². The van der Waals surface area contributed by atoms with Crippen LogP contribution in [0.3, 0.4) is 0 Å². The fourth-order valence-electron chi connectivity index (χ4n) is 1.37. The molecular weight excluding hydrogens is 400 g/mol. The van der Waals surface area contributed by atoms with Crippen molar-refractivity contribution in [1.82, 2.24) is 0 Å². The predicted octanol–water partition coefficient (Wildman–Crippen LogP) is 0.0222. The predicted molar refractivity (Wildman–Crippen MR) is 85.4 cm³/mol. The normalized spacial score (nSPS) is 14.2. The van der Waals surface area contributed by atoms with Gasteiger partial charge in [0.15, 0.2) is 12.2 Å². The minimum Gasteiger partial charge on any atom is -0.435 e. The first-order chi connectivity index (χ1) is 11.9. The van der Waals surface area contributed by atoms with Crippen LogP contribution in [0.2, 0.25) is 0 Å². The molecule has 0 saturated heterocycles. The van der Waals surface area contributed by atoms with E-state index in [0.29, 0.717) is 0 Å². The topological polar surface area (TPSA) is 158 Å². The Kier molecular flexibility index (Phi) is 10.4. The van der Waals surface area contributed by atoms with E-state index in [1.807, 2.05) is 0 Å². The fourth-order valence-corrected chi connectivity index (χ4v) is 2.13. The van der Waals surface area contributed by atoms with Crippen LogP contribution >= 0.6 is 0 Å². The van der Waals surface area contributed by atoms with Gasteiger partial charge in [0.05, 0.1) is 25.7 Å². The first-order valence-corrected chi connectivity index (χ1v) is 10.9. The Hall–Kier alpha value is -1.64. The Morgan fingerprint density at radius 3 is 1.27 bits per heavy atom. The van der Waals surface area contributed by atoms with E-state index in [1.165, 1.54) is 13.8 Å². The molecule has 0 amide bonds. The molecule has 0 aromatic carbocycles. The molecule has 2 atom stereocenters. The molecule has 0 radical (unpaired) electrons. The van der Waals surface area contributed by atoms with Crippen molar-refractivity contribution < 1.29 is 53.7 Å². The molecule has 14 heteroatoms. The lowest BCUT2D eigenvalue weighted by Gasteiger charge is -2.25. The minimum atomic E-state index is -3.95. The van der Waals surface area contributed by atoms with Crippen molar-refractivity contribution in [3.63, 3.8) is 0 Å². The Morgan fingerprint density at radius 1 is 0.731 bits per heavy atom. The molecule has 0 rings (SSSR count). The van der Waals surface area contributed by atoms with Crippen molar-refractivity contribution in [3.8, 4) is 0 Å². The molecule has 0 fully saturated rings. The number of hydrogen-bond donors (Lipinski definition) is 0. The fraction of sp³-hybridized carbons (Fsp3) is 0.833. The number of carbonyl (C=O) groups is 2. The Morgan fingerprint density at radius 2 is 1.04 bits per heavy atom. The van der Waals surface area contributed by atoms with Crippen molar-refractivity contribution in [2.24, 2.45) is 0 Å². The molecule has 0 spiro atoms. The highest BCUT2D eigenvalue weighted by molar-refractivity contribution is 7.86. The zero-order valence-corrected chi connectivity index (χ0v) is 16.3. The van der Waals surface area contributed by atoms with Crippen molar-refractivity contribution in [2.45, 2.75) is 26.1 Å². The summed E-state index contributed by atoms with van der Waals surface area (Å²) in [6.07, 6.45) is -4.08. The van der Waals surface area contributed by atoms with Crippen LogP contribution in [-0.2, 0) is 47.5 Å². The molecule has 0 aromatic rings. The van der Waals surface area contributed by atoms with Gasteiger partial charge in [-0.25, -0.2) is 9.59 Å². The maximum atomic E-state index is 11.5. The quantitative estimate of drug-likeness (QED) is 0.325.